The maximum absolute atomic E-state index is 12.0. The molecule has 2 rings (SSSR count). The molecule has 0 bridgehead atoms. The van der Waals surface area contributed by atoms with Gasteiger partial charge >= 0.3 is 6.09 Å². The molecule has 1 aromatic rings. The van der Waals surface area contributed by atoms with Crippen molar-refractivity contribution in [1.29, 1.82) is 0 Å². The third-order valence-corrected chi connectivity index (χ3v) is 2.70. The summed E-state index contributed by atoms with van der Waals surface area (Å²) in [7, 11) is 0. The molecule has 1 aliphatic rings. The van der Waals surface area contributed by atoms with Gasteiger partial charge in [-0.25, -0.2) is 4.79 Å². The van der Waals surface area contributed by atoms with Crippen LogP contribution in [0.15, 0.2) is 36.0 Å². The summed E-state index contributed by atoms with van der Waals surface area (Å²) in [5, 5.41) is 2.82. The molecule has 0 aromatic heterocycles. The van der Waals surface area contributed by atoms with Crippen molar-refractivity contribution in [2.24, 2.45) is 0 Å². The lowest BCUT2D eigenvalue weighted by atomic mass is 10.2. The first-order valence-electron chi connectivity index (χ1n) is 6.13. The summed E-state index contributed by atoms with van der Waals surface area (Å²) in [5.41, 5.74) is 1.78. The molecule has 0 atom stereocenters. The van der Waals surface area contributed by atoms with Gasteiger partial charge in [0.25, 0.3) is 11.8 Å². The molecule has 3 amide bonds. The smallest absolute Gasteiger partial charge is 0.424 e. The molecule has 0 aliphatic carbocycles. The van der Waals surface area contributed by atoms with Crippen molar-refractivity contribution in [3.05, 3.63) is 41.6 Å². The van der Waals surface area contributed by atoms with Crippen LogP contribution in [0.25, 0.3) is 0 Å². The molecule has 1 aromatic carbocycles. The van der Waals surface area contributed by atoms with Gasteiger partial charge in [0.2, 0.25) is 0 Å². The number of rotatable bonds is 3. The van der Waals surface area contributed by atoms with E-state index in [1.165, 1.54) is 0 Å². The summed E-state index contributed by atoms with van der Waals surface area (Å²) < 4.78 is 4.67. The van der Waals surface area contributed by atoms with E-state index in [9.17, 15) is 14.4 Å². The first-order valence-corrected chi connectivity index (χ1v) is 6.13. The van der Waals surface area contributed by atoms with Crippen molar-refractivity contribution in [1.82, 2.24) is 4.90 Å². The molecular weight excluding hydrogens is 260 g/mol. The normalized spacial score (nSPS) is 14.3. The van der Waals surface area contributed by atoms with E-state index in [0.717, 1.165) is 11.6 Å². The molecule has 0 fully saturated rings. The number of nitrogens with zero attached hydrogens (tertiary/aromatic N) is 1. The van der Waals surface area contributed by atoms with Crippen molar-refractivity contribution < 1.29 is 19.1 Å². The van der Waals surface area contributed by atoms with Crippen LogP contribution in [0.1, 0.15) is 12.5 Å². The van der Waals surface area contributed by atoms with E-state index < -0.39 is 17.9 Å². The number of imide groups is 3. The highest BCUT2D eigenvalue weighted by Gasteiger charge is 2.37. The number of ether oxygens (including phenoxy) is 1. The predicted molar refractivity (Wildman–Crippen MR) is 71.8 cm³/mol. The number of amides is 3. The van der Waals surface area contributed by atoms with Gasteiger partial charge in [0.1, 0.15) is 5.70 Å². The summed E-state index contributed by atoms with van der Waals surface area (Å²) in [6.07, 6.45) is 0.124. The number of anilines is 1. The highest BCUT2D eigenvalue weighted by atomic mass is 16.6. The number of carbonyl (C=O) groups is 3. The standard InChI is InChI=1S/C14H14N2O4/c1-3-20-14(19)16-12(17)8-11(13(16)18)15-10-6-4-9(2)5-7-10/h4-8,15H,3H2,1-2H3. The second-order valence-electron chi connectivity index (χ2n) is 4.23. The first kappa shape index (κ1) is 13.8. The molecule has 1 aliphatic heterocycles. The molecule has 0 unspecified atom stereocenters. The summed E-state index contributed by atoms with van der Waals surface area (Å²) in [6, 6.07) is 7.29. The Labute approximate surface area is 116 Å². The molecule has 0 saturated carbocycles. The molecule has 6 nitrogen and oxygen atoms in total. The fourth-order valence-electron chi connectivity index (χ4n) is 1.71. The zero-order valence-corrected chi connectivity index (χ0v) is 11.2. The van der Waals surface area contributed by atoms with Crippen LogP contribution < -0.4 is 5.32 Å². The predicted octanol–water partition coefficient (Wildman–Crippen LogP) is 1.82. The van der Waals surface area contributed by atoms with Gasteiger partial charge in [-0.1, -0.05) is 17.7 Å². The van der Waals surface area contributed by atoms with Crippen molar-refractivity contribution in [3.63, 3.8) is 0 Å². The van der Waals surface area contributed by atoms with Gasteiger partial charge < -0.3 is 10.1 Å². The molecule has 1 N–H and O–H groups in total. The quantitative estimate of drug-likeness (QED) is 0.851. The number of carbonyl (C=O) groups excluding carboxylic acids is 3. The number of hydrogen-bond acceptors (Lipinski definition) is 5. The Kier molecular flexibility index (Phi) is 3.84. The van der Waals surface area contributed by atoms with Crippen LogP contribution in [0.5, 0.6) is 0 Å². The lowest BCUT2D eigenvalue weighted by Gasteiger charge is -2.12. The topological polar surface area (TPSA) is 75.7 Å². The summed E-state index contributed by atoms with van der Waals surface area (Å²) in [4.78, 5) is 35.6. The van der Waals surface area contributed by atoms with Crippen LogP contribution in [0.4, 0.5) is 10.5 Å². The second kappa shape index (κ2) is 5.56. The van der Waals surface area contributed by atoms with Gasteiger partial charge in [-0.05, 0) is 26.0 Å². The Morgan fingerprint density at radius 2 is 1.90 bits per heavy atom. The minimum absolute atomic E-state index is 0.0481. The number of hydrogen-bond donors (Lipinski definition) is 1. The Balaban J connectivity index is 2.13. The lowest BCUT2D eigenvalue weighted by molar-refractivity contribution is -0.134. The van der Waals surface area contributed by atoms with Gasteiger partial charge in [-0.2, -0.15) is 4.90 Å². The highest BCUT2D eigenvalue weighted by Crippen LogP contribution is 2.18. The van der Waals surface area contributed by atoms with Gasteiger partial charge in [0, 0.05) is 11.8 Å². The van der Waals surface area contributed by atoms with E-state index in [1.807, 2.05) is 19.1 Å². The van der Waals surface area contributed by atoms with Crippen LogP contribution in [-0.2, 0) is 14.3 Å². The van der Waals surface area contributed by atoms with Crippen LogP contribution in [0, 0.1) is 6.92 Å². The second-order valence-corrected chi connectivity index (χ2v) is 4.23. The lowest BCUT2D eigenvalue weighted by Crippen LogP contribution is -2.38. The Hall–Kier alpha value is -2.63. The average molecular weight is 274 g/mol. The first-order chi connectivity index (χ1) is 9.52. The van der Waals surface area contributed by atoms with E-state index in [4.69, 9.17) is 0 Å². The van der Waals surface area contributed by atoms with Crippen LogP contribution in [0.2, 0.25) is 0 Å². The van der Waals surface area contributed by atoms with Crippen molar-refractivity contribution in [3.8, 4) is 0 Å². The van der Waals surface area contributed by atoms with E-state index in [0.29, 0.717) is 10.6 Å². The van der Waals surface area contributed by atoms with Crippen LogP contribution in [0.3, 0.4) is 0 Å². The highest BCUT2D eigenvalue weighted by molar-refractivity contribution is 6.24. The SMILES string of the molecule is CCOC(=O)N1C(=O)C=C(Nc2ccc(C)cc2)C1=O. The summed E-state index contributed by atoms with van der Waals surface area (Å²) in [6.45, 7) is 3.63. The zero-order valence-electron chi connectivity index (χ0n) is 11.2. The Morgan fingerprint density at radius 1 is 1.25 bits per heavy atom. The van der Waals surface area contributed by atoms with E-state index in [1.54, 1.807) is 19.1 Å². The third kappa shape index (κ3) is 2.69. The Bertz CT molecular complexity index is 590. The fourth-order valence-corrected chi connectivity index (χ4v) is 1.71. The number of nitrogens with one attached hydrogen (secondary N) is 1. The largest absolute Gasteiger partial charge is 0.449 e. The monoisotopic (exact) mass is 274 g/mol. The average Bonchev–Trinajstić information content (AvgIpc) is 2.67. The molecule has 20 heavy (non-hydrogen) atoms. The molecule has 1 heterocycles. The van der Waals surface area contributed by atoms with Gasteiger partial charge in [0.05, 0.1) is 6.61 Å². The summed E-state index contributed by atoms with van der Waals surface area (Å²) in [5.74, 6) is -1.42. The zero-order chi connectivity index (χ0) is 14.7. The Morgan fingerprint density at radius 3 is 2.50 bits per heavy atom. The molecule has 0 spiro atoms. The maximum Gasteiger partial charge on any atom is 0.424 e. The number of benzene rings is 1. The summed E-state index contributed by atoms with van der Waals surface area (Å²) >= 11 is 0. The van der Waals surface area contributed by atoms with E-state index in [2.05, 4.69) is 10.1 Å². The van der Waals surface area contributed by atoms with Gasteiger partial charge in [-0.15, -0.1) is 0 Å². The fraction of sp³-hybridized carbons (Fsp3) is 0.214. The van der Waals surface area contributed by atoms with Crippen molar-refractivity contribution >= 4 is 23.6 Å². The molecule has 0 saturated heterocycles. The van der Waals surface area contributed by atoms with Gasteiger partial charge in [0.15, 0.2) is 0 Å². The third-order valence-electron chi connectivity index (χ3n) is 2.70. The van der Waals surface area contributed by atoms with Crippen LogP contribution in [-0.4, -0.2) is 29.4 Å². The molecule has 104 valence electrons. The van der Waals surface area contributed by atoms with E-state index in [-0.39, 0.29) is 12.3 Å². The minimum Gasteiger partial charge on any atom is -0.449 e. The molecular formula is C14H14N2O4. The van der Waals surface area contributed by atoms with Crippen molar-refractivity contribution in [2.45, 2.75) is 13.8 Å². The number of aryl methyl sites for hydroxylation is 1. The molecule has 6 heteroatoms. The maximum atomic E-state index is 12.0. The van der Waals surface area contributed by atoms with Crippen molar-refractivity contribution in [2.75, 3.05) is 11.9 Å². The van der Waals surface area contributed by atoms with E-state index >= 15 is 0 Å². The minimum atomic E-state index is -0.959. The van der Waals surface area contributed by atoms with Crippen LogP contribution >= 0.6 is 0 Å². The van der Waals surface area contributed by atoms with Gasteiger partial charge in [-0.3, -0.25) is 9.59 Å². The molecule has 0 radical (unpaired) electrons.